The summed E-state index contributed by atoms with van der Waals surface area (Å²) in [5, 5.41) is 12.6. The summed E-state index contributed by atoms with van der Waals surface area (Å²) in [6.07, 6.45) is 0.715. The monoisotopic (exact) mass is 254 g/mol. The molecular formula is C14H26N2O2. The second-order valence-corrected chi connectivity index (χ2v) is 5.16. The van der Waals surface area contributed by atoms with E-state index in [-0.39, 0.29) is 11.8 Å². The van der Waals surface area contributed by atoms with Crippen molar-refractivity contribution >= 4 is 5.91 Å². The van der Waals surface area contributed by atoms with Gasteiger partial charge in [0.15, 0.2) is 0 Å². The van der Waals surface area contributed by atoms with Gasteiger partial charge in [-0.25, -0.2) is 0 Å². The van der Waals surface area contributed by atoms with Gasteiger partial charge in [-0.1, -0.05) is 20.8 Å². The summed E-state index contributed by atoms with van der Waals surface area (Å²) >= 11 is 0. The molecule has 4 nitrogen and oxygen atoms in total. The molecule has 0 saturated heterocycles. The molecule has 4 heteroatoms. The summed E-state index contributed by atoms with van der Waals surface area (Å²) in [7, 11) is 0. The van der Waals surface area contributed by atoms with Gasteiger partial charge in [0, 0.05) is 13.0 Å². The Morgan fingerprint density at radius 2 is 2.00 bits per heavy atom. The molecule has 0 spiro atoms. The van der Waals surface area contributed by atoms with Crippen LogP contribution in [0.15, 0.2) is 0 Å². The number of hydrogen-bond donors (Lipinski definition) is 3. The fraction of sp³-hybridized carbons (Fsp3) is 0.786. The van der Waals surface area contributed by atoms with Crippen LogP contribution in [0.5, 0.6) is 0 Å². The second-order valence-electron chi connectivity index (χ2n) is 5.16. The predicted molar refractivity (Wildman–Crippen MR) is 73.7 cm³/mol. The first-order valence-electron chi connectivity index (χ1n) is 6.49. The summed E-state index contributed by atoms with van der Waals surface area (Å²) in [6, 6.07) is -0.591. The zero-order valence-electron chi connectivity index (χ0n) is 11.9. The Morgan fingerprint density at radius 3 is 2.50 bits per heavy atom. The Hall–Kier alpha value is -1.05. The van der Waals surface area contributed by atoms with E-state index in [1.165, 1.54) is 0 Å². The summed E-state index contributed by atoms with van der Waals surface area (Å²) in [6.45, 7) is 8.21. The number of carbonyl (C=O) groups excluding carboxylic acids is 1. The third-order valence-electron chi connectivity index (χ3n) is 2.80. The van der Waals surface area contributed by atoms with E-state index in [2.05, 4.69) is 31.0 Å². The van der Waals surface area contributed by atoms with Crippen LogP contribution >= 0.6 is 0 Å². The lowest BCUT2D eigenvalue weighted by Gasteiger charge is -2.21. The lowest BCUT2D eigenvalue weighted by molar-refractivity contribution is -0.122. The highest BCUT2D eigenvalue weighted by molar-refractivity contribution is 5.81. The standard InChI is InChI=1S/C14H26N2O2/c1-5-6-7-12(15)14(18)16-9-11(4)13(17)8-10(2)3/h10-13,17H,7-9,15H2,1-4H3,(H,16,18)/t11?,12-,13-/m0/s1. The predicted octanol–water partition coefficient (Wildman–Crippen LogP) is 0.886. The largest absolute Gasteiger partial charge is 0.393 e. The summed E-state index contributed by atoms with van der Waals surface area (Å²) in [5.74, 6) is 5.75. The van der Waals surface area contributed by atoms with E-state index in [1.807, 2.05) is 6.92 Å². The van der Waals surface area contributed by atoms with Crippen molar-refractivity contribution < 1.29 is 9.90 Å². The van der Waals surface area contributed by atoms with Gasteiger partial charge in [0.1, 0.15) is 0 Å². The molecule has 1 amide bonds. The average molecular weight is 254 g/mol. The van der Waals surface area contributed by atoms with E-state index >= 15 is 0 Å². The van der Waals surface area contributed by atoms with Gasteiger partial charge in [0.05, 0.1) is 12.1 Å². The Balaban J connectivity index is 3.99. The topological polar surface area (TPSA) is 75.4 Å². The third kappa shape index (κ3) is 7.31. The normalized spacial score (nSPS) is 15.5. The highest BCUT2D eigenvalue weighted by atomic mass is 16.3. The van der Waals surface area contributed by atoms with E-state index in [0.717, 1.165) is 6.42 Å². The van der Waals surface area contributed by atoms with Crippen molar-refractivity contribution in [1.29, 1.82) is 0 Å². The molecule has 3 atom stereocenters. The molecule has 0 rings (SSSR count). The van der Waals surface area contributed by atoms with E-state index in [9.17, 15) is 9.90 Å². The first-order chi connectivity index (χ1) is 8.38. The second kappa shape index (κ2) is 8.96. The molecule has 0 bridgehead atoms. The van der Waals surface area contributed by atoms with Crippen molar-refractivity contribution in [3.8, 4) is 11.8 Å². The number of amides is 1. The van der Waals surface area contributed by atoms with E-state index in [4.69, 9.17) is 5.73 Å². The van der Waals surface area contributed by atoms with Crippen LogP contribution in [-0.2, 0) is 4.79 Å². The molecule has 0 heterocycles. The zero-order valence-corrected chi connectivity index (χ0v) is 11.9. The molecule has 104 valence electrons. The van der Waals surface area contributed by atoms with Crippen molar-refractivity contribution in [2.24, 2.45) is 17.6 Å². The SMILES string of the molecule is CC#CC[C@H](N)C(=O)NCC(C)[C@@H](O)CC(C)C. The number of carbonyl (C=O) groups is 1. The van der Waals surface area contributed by atoms with Crippen molar-refractivity contribution in [2.45, 2.75) is 52.7 Å². The first kappa shape index (κ1) is 16.9. The maximum absolute atomic E-state index is 11.6. The summed E-state index contributed by atoms with van der Waals surface area (Å²) in [5.41, 5.74) is 5.67. The number of nitrogens with one attached hydrogen (secondary N) is 1. The molecule has 0 aromatic carbocycles. The van der Waals surface area contributed by atoms with E-state index < -0.39 is 12.1 Å². The molecule has 0 aliphatic carbocycles. The van der Waals surface area contributed by atoms with Gasteiger partial charge in [-0.05, 0) is 25.2 Å². The number of nitrogens with two attached hydrogens (primary N) is 1. The maximum atomic E-state index is 11.6. The molecular weight excluding hydrogens is 228 g/mol. The first-order valence-corrected chi connectivity index (χ1v) is 6.49. The maximum Gasteiger partial charge on any atom is 0.237 e. The number of rotatable bonds is 7. The van der Waals surface area contributed by atoms with Crippen LogP contribution < -0.4 is 11.1 Å². The Bertz CT molecular complexity index is 305. The van der Waals surface area contributed by atoms with E-state index in [1.54, 1.807) is 6.92 Å². The van der Waals surface area contributed by atoms with Gasteiger partial charge in [0.2, 0.25) is 5.91 Å². The van der Waals surface area contributed by atoms with Crippen LogP contribution in [0.3, 0.4) is 0 Å². The molecule has 18 heavy (non-hydrogen) atoms. The summed E-state index contributed by atoms with van der Waals surface area (Å²) in [4.78, 5) is 11.6. The number of aliphatic hydroxyl groups is 1. The minimum absolute atomic E-state index is 0.0285. The number of hydrogen-bond acceptors (Lipinski definition) is 3. The van der Waals surface area contributed by atoms with Crippen LogP contribution in [0.4, 0.5) is 0 Å². The highest BCUT2D eigenvalue weighted by Crippen LogP contribution is 2.12. The van der Waals surface area contributed by atoms with Gasteiger partial charge >= 0.3 is 0 Å². The highest BCUT2D eigenvalue weighted by Gasteiger charge is 2.18. The molecule has 0 aromatic heterocycles. The van der Waals surface area contributed by atoms with Crippen LogP contribution in [0.2, 0.25) is 0 Å². The Kier molecular flexibility index (Phi) is 8.43. The van der Waals surface area contributed by atoms with Gasteiger partial charge < -0.3 is 16.2 Å². The molecule has 0 aliphatic rings. The molecule has 0 aromatic rings. The van der Waals surface area contributed by atoms with Gasteiger partial charge in [-0.2, -0.15) is 0 Å². The van der Waals surface area contributed by atoms with Crippen molar-refractivity contribution in [1.82, 2.24) is 5.32 Å². The number of aliphatic hydroxyl groups excluding tert-OH is 1. The van der Waals surface area contributed by atoms with Gasteiger partial charge in [-0.3, -0.25) is 4.79 Å². The van der Waals surface area contributed by atoms with Crippen LogP contribution in [0.25, 0.3) is 0 Å². The molecule has 0 fully saturated rings. The Morgan fingerprint density at radius 1 is 1.39 bits per heavy atom. The molecule has 4 N–H and O–H groups in total. The quantitative estimate of drug-likeness (QED) is 0.591. The van der Waals surface area contributed by atoms with Gasteiger partial charge in [-0.15, -0.1) is 11.8 Å². The van der Waals surface area contributed by atoms with Gasteiger partial charge in [0.25, 0.3) is 0 Å². The van der Waals surface area contributed by atoms with Crippen molar-refractivity contribution in [3.05, 3.63) is 0 Å². The van der Waals surface area contributed by atoms with Crippen LogP contribution in [-0.4, -0.2) is 29.7 Å². The lowest BCUT2D eigenvalue weighted by atomic mass is 9.96. The van der Waals surface area contributed by atoms with Crippen LogP contribution in [0, 0.1) is 23.7 Å². The zero-order chi connectivity index (χ0) is 14.1. The third-order valence-corrected chi connectivity index (χ3v) is 2.80. The van der Waals surface area contributed by atoms with E-state index in [0.29, 0.717) is 18.9 Å². The molecule has 0 saturated carbocycles. The minimum Gasteiger partial charge on any atom is -0.393 e. The summed E-state index contributed by atoms with van der Waals surface area (Å²) < 4.78 is 0. The fourth-order valence-electron chi connectivity index (χ4n) is 1.55. The molecule has 0 radical (unpaired) electrons. The average Bonchev–Trinajstić information content (AvgIpc) is 2.31. The molecule has 1 unspecified atom stereocenters. The van der Waals surface area contributed by atoms with Crippen molar-refractivity contribution in [3.63, 3.8) is 0 Å². The minimum atomic E-state index is -0.591. The lowest BCUT2D eigenvalue weighted by Crippen LogP contribution is -2.43. The molecule has 0 aliphatic heterocycles. The van der Waals surface area contributed by atoms with Crippen LogP contribution in [0.1, 0.15) is 40.5 Å². The van der Waals surface area contributed by atoms with Crippen molar-refractivity contribution in [2.75, 3.05) is 6.54 Å². The Labute approximate surface area is 110 Å². The fourth-order valence-corrected chi connectivity index (χ4v) is 1.55. The smallest absolute Gasteiger partial charge is 0.237 e.